The van der Waals surface area contributed by atoms with Crippen LogP contribution in [0, 0.1) is 0 Å². The standard InChI is InChI=1S/C29H40N2O4Si/c1-29(2,3)36(5,6)35-24-14-15-31(18-24)19-26(21-10-9-11-23(32)16-21)30(4)28(33)17-22-20-34-27-13-8-7-12-25(22)27/h7-13,16,20,24,26,32H,14-15,17-19H2,1-6H3/t24-,26+/m0/s1. The van der Waals surface area contributed by atoms with Gasteiger partial charge in [0.2, 0.25) is 5.91 Å². The van der Waals surface area contributed by atoms with Gasteiger partial charge in [0.1, 0.15) is 11.3 Å². The maximum absolute atomic E-state index is 13.5. The molecule has 1 N–H and O–H groups in total. The zero-order valence-corrected chi connectivity index (χ0v) is 23.5. The van der Waals surface area contributed by atoms with E-state index in [1.54, 1.807) is 18.4 Å². The van der Waals surface area contributed by atoms with Crippen molar-refractivity contribution in [1.82, 2.24) is 9.80 Å². The highest BCUT2D eigenvalue weighted by molar-refractivity contribution is 6.74. The SMILES string of the molecule is CN(C(=O)Cc1coc2ccccc12)[C@H](CN1CC[C@H](O[Si](C)(C)C(C)(C)C)C1)c1cccc(O)c1. The molecule has 4 rings (SSSR count). The molecule has 1 amide bonds. The molecule has 36 heavy (non-hydrogen) atoms. The van der Waals surface area contributed by atoms with E-state index in [0.717, 1.165) is 41.6 Å². The topological polar surface area (TPSA) is 66.2 Å². The summed E-state index contributed by atoms with van der Waals surface area (Å²) in [6.07, 6.45) is 3.16. The number of benzene rings is 2. The van der Waals surface area contributed by atoms with Crippen molar-refractivity contribution in [1.29, 1.82) is 0 Å². The van der Waals surface area contributed by atoms with Gasteiger partial charge in [0.15, 0.2) is 8.32 Å². The van der Waals surface area contributed by atoms with E-state index in [-0.39, 0.29) is 35.3 Å². The van der Waals surface area contributed by atoms with E-state index in [0.29, 0.717) is 6.54 Å². The van der Waals surface area contributed by atoms with Gasteiger partial charge in [-0.1, -0.05) is 51.1 Å². The molecule has 0 spiro atoms. The number of likely N-dealkylation sites (N-methyl/N-ethyl adjacent to an activating group) is 1. The van der Waals surface area contributed by atoms with Crippen molar-refractivity contribution < 1.29 is 18.7 Å². The molecular formula is C29H40N2O4Si. The van der Waals surface area contributed by atoms with Gasteiger partial charge in [-0.25, -0.2) is 0 Å². The van der Waals surface area contributed by atoms with Gasteiger partial charge < -0.3 is 18.8 Å². The van der Waals surface area contributed by atoms with Gasteiger partial charge in [-0.3, -0.25) is 9.69 Å². The Kier molecular flexibility index (Phi) is 7.64. The Labute approximate surface area is 216 Å². The molecule has 1 aromatic heterocycles. The fourth-order valence-corrected chi connectivity index (χ4v) is 6.09. The van der Waals surface area contributed by atoms with Crippen LogP contribution in [0.15, 0.2) is 59.2 Å². The molecule has 0 radical (unpaired) electrons. The molecule has 1 aliphatic heterocycles. The summed E-state index contributed by atoms with van der Waals surface area (Å²) >= 11 is 0. The van der Waals surface area contributed by atoms with E-state index in [2.05, 4.69) is 38.8 Å². The Morgan fingerprint density at radius 3 is 2.69 bits per heavy atom. The molecule has 1 fully saturated rings. The number of amides is 1. The number of phenolic OH excluding ortho intramolecular Hbond substituents is 1. The van der Waals surface area contributed by atoms with E-state index in [1.807, 2.05) is 48.3 Å². The van der Waals surface area contributed by atoms with E-state index in [4.69, 9.17) is 8.84 Å². The van der Waals surface area contributed by atoms with Crippen molar-refractivity contribution in [2.75, 3.05) is 26.7 Å². The molecule has 1 aliphatic rings. The minimum atomic E-state index is -1.84. The van der Waals surface area contributed by atoms with Crippen LogP contribution in [0.4, 0.5) is 0 Å². The first-order valence-electron chi connectivity index (χ1n) is 12.8. The van der Waals surface area contributed by atoms with Gasteiger partial charge in [0, 0.05) is 37.6 Å². The lowest BCUT2D eigenvalue weighted by molar-refractivity contribution is -0.131. The first-order valence-corrected chi connectivity index (χ1v) is 15.8. The molecule has 1 saturated heterocycles. The molecule has 2 aromatic carbocycles. The first-order chi connectivity index (χ1) is 16.9. The first kappa shape index (κ1) is 26.4. The summed E-state index contributed by atoms with van der Waals surface area (Å²) < 4.78 is 12.3. The predicted octanol–water partition coefficient (Wildman–Crippen LogP) is 5.98. The van der Waals surface area contributed by atoms with Crippen molar-refractivity contribution in [3.8, 4) is 5.75 Å². The lowest BCUT2D eigenvalue weighted by Gasteiger charge is -2.38. The lowest BCUT2D eigenvalue weighted by atomic mass is 10.0. The quantitative estimate of drug-likeness (QED) is 0.379. The second-order valence-electron chi connectivity index (χ2n) is 11.6. The third-order valence-electron chi connectivity index (χ3n) is 7.95. The van der Waals surface area contributed by atoms with Crippen LogP contribution in [-0.4, -0.2) is 61.9 Å². The molecule has 0 aliphatic carbocycles. The number of hydrogen-bond acceptors (Lipinski definition) is 5. The Morgan fingerprint density at radius 1 is 1.22 bits per heavy atom. The van der Waals surface area contributed by atoms with E-state index in [9.17, 15) is 9.90 Å². The van der Waals surface area contributed by atoms with Gasteiger partial charge in [-0.15, -0.1) is 0 Å². The van der Waals surface area contributed by atoms with E-state index >= 15 is 0 Å². The number of likely N-dealkylation sites (tertiary alicyclic amines) is 1. The van der Waals surface area contributed by atoms with E-state index in [1.165, 1.54) is 0 Å². The number of carbonyl (C=O) groups excluding carboxylic acids is 1. The van der Waals surface area contributed by atoms with Crippen LogP contribution in [0.25, 0.3) is 11.0 Å². The summed E-state index contributed by atoms with van der Waals surface area (Å²) in [5.41, 5.74) is 2.61. The highest BCUT2D eigenvalue weighted by Crippen LogP contribution is 2.38. The third kappa shape index (κ3) is 5.85. The second-order valence-corrected chi connectivity index (χ2v) is 16.4. The highest BCUT2D eigenvalue weighted by Gasteiger charge is 2.41. The predicted molar refractivity (Wildman–Crippen MR) is 147 cm³/mol. The maximum Gasteiger partial charge on any atom is 0.227 e. The number of nitrogens with zero attached hydrogens (tertiary/aromatic N) is 2. The molecule has 6 nitrogen and oxygen atoms in total. The minimum absolute atomic E-state index is 0.0168. The molecule has 0 saturated carbocycles. The van der Waals surface area contributed by atoms with Gasteiger partial charge in [-0.2, -0.15) is 0 Å². The average molecular weight is 509 g/mol. The van der Waals surface area contributed by atoms with Gasteiger partial charge in [-0.05, 0) is 48.3 Å². The summed E-state index contributed by atoms with van der Waals surface area (Å²) in [7, 11) is 0.0173. The third-order valence-corrected chi connectivity index (χ3v) is 12.5. The van der Waals surface area contributed by atoms with Crippen LogP contribution in [0.2, 0.25) is 18.1 Å². The van der Waals surface area contributed by atoms with Crippen molar-refractivity contribution in [3.63, 3.8) is 0 Å². The molecular weight excluding hydrogens is 468 g/mol. The average Bonchev–Trinajstić information content (AvgIpc) is 3.42. The Bertz CT molecular complexity index is 1200. The lowest BCUT2D eigenvalue weighted by Crippen LogP contribution is -2.45. The van der Waals surface area contributed by atoms with Crippen LogP contribution in [0.1, 0.15) is 44.4 Å². The number of carbonyl (C=O) groups is 1. The number of hydrogen-bond donors (Lipinski definition) is 1. The molecule has 3 aromatic rings. The largest absolute Gasteiger partial charge is 0.508 e. The van der Waals surface area contributed by atoms with Gasteiger partial charge in [0.05, 0.1) is 24.8 Å². The normalized spacial score (nSPS) is 18.0. The number of phenols is 1. The minimum Gasteiger partial charge on any atom is -0.508 e. The number of aromatic hydroxyl groups is 1. The van der Waals surface area contributed by atoms with Crippen molar-refractivity contribution in [2.24, 2.45) is 0 Å². The summed E-state index contributed by atoms with van der Waals surface area (Å²) in [6, 6.07) is 14.9. The molecule has 0 unspecified atom stereocenters. The Morgan fingerprint density at radius 2 is 1.97 bits per heavy atom. The smallest absolute Gasteiger partial charge is 0.227 e. The van der Waals surface area contributed by atoms with E-state index < -0.39 is 8.32 Å². The summed E-state index contributed by atoms with van der Waals surface area (Å²) in [4.78, 5) is 17.7. The number of rotatable bonds is 8. The van der Waals surface area contributed by atoms with Crippen LogP contribution in [-0.2, 0) is 15.6 Å². The van der Waals surface area contributed by atoms with Crippen molar-refractivity contribution >= 4 is 25.2 Å². The summed E-state index contributed by atoms with van der Waals surface area (Å²) in [5.74, 6) is 0.225. The highest BCUT2D eigenvalue weighted by atomic mass is 28.4. The number of para-hydroxylation sites is 1. The fourth-order valence-electron chi connectivity index (χ4n) is 4.71. The summed E-state index contributed by atoms with van der Waals surface area (Å²) in [5, 5.41) is 11.3. The van der Waals surface area contributed by atoms with Crippen LogP contribution < -0.4 is 0 Å². The zero-order chi connectivity index (χ0) is 26.1. The van der Waals surface area contributed by atoms with Crippen molar-refractivity contribution in [2.45, 2.75) is 63.9 Å². The molecule has 0 bridgehead atoms. The monoisotopic (exact) mass is 508 g/mol. The zero-order valence-electron chi connectivity index (χ0n) is 22.5. The molecule has 2 heterocycles. The van der Waals surface area contributed by atoms with Crippen LogP contribution >= 0.6 is 0 Å². The molecule has 194 valence electrons. The maximum atomic E-state index is 13.5. The fraction of sp³-hybridized carbons (Fsp3) is 0.483. The van der Waals surface area contributed by atoms with Crippen molar-refractivity contribution in [3.05, 3.63) is 65.9 Å². The molecule has 7 heteroatoms. The Balaban J connectivity index is 1.49. The second kappa shape index (κ2) is 10.4. The van der Waals surface area contributed by atoms with Crippen LogP contribution in [0.3, 0.4) is 0 Å². The Hall–Kier alpha value is -2.61. The molecule has 2 atom stereocenters. The van der Waals surface area contributed by atoms with Gasteiger partial charge in [0.25, 0.3) is 0 Å². The number of furan rings is 1. The van der Waals surface area contributed by atoms with Crippen LogP contribution in [0.5, 0.6) is 5.75 Å². The van der Waals surface area contributed by atoms with Gasteiger partial charge >= 0.3 is 0 Å². The number of fused-ring (bicyclic) bond motifs is 1. The summed E-state index contributed by atoms with van der Waals surface area (Å²) in [6.45, 7) is 13.9.